The largest absolute Gasteiger partial charge is 0.371 e. The third kappa shape index (κ3) is 5.35. The number of amides is 3. The number of carbonyl (C=O) groups excluding carboxylic acids is 3. The number of carbonyl (C=O) groups is 3. The molecule has 0 saturated carbocycles. The SMILES string of the molecule is Cc1ccc(N2CCC(=O)CC2)cc1.Cc1ccc(N2CCC3(CC2)NC(=O)NC3=O)cc1. The van der Waals surface area contributed by atoms with Gasteiger partial charge in [-0.25, -0.2) is 4.79 Å². The van der Waals surface area contributed by atoms with Crippen LogP contribution >= 0.6 is 0 Å². The molecule has 3 fully saturated rings. The Morgan fingerprint density at radius 3 is 1.58 bits per heavy atom. The molecule has 0 radical (unpaired) electrons. The normalized spacial score (nSPS) is 19.6. The van der Waals surface area contributed by atoms with Crippen LogP contribution in [0.3, 0.4) is 0 Å². The fourth-order valence-corrected chi connectivity index (χ4v) is 4.55. The predicted octanol–water partition coefficient (Wildman–Crippen LogP) is 3.34. The highest BCUT2D eigenvalue weighted by atomic mass is 16.2. The lowest BCUT2D eigenvalue weighted by Gasteiger charge is -2.38. The fourth-order valence-electron chi connectivity index (χ4n) is 4.55. The highest BCUT2D eigenvalue weighted by molar-refractivity contribution is 6.07. The van der Waals surface area contributed by atoms with Gasteiger partial charge >= 0.3 is 6.03 Å². The maximum atomic E-state index is 11.8. The third-order valence-electron chi connectivity index (χ3n) is 6.75. The highest BCUT2D eigenvalue weighted by Gasteiger charge is 2.47. The van der Waals surface area contributed by atoms with E-state index in [1.807, 2.05) is 0 Å². The van der Waals surface area contributed by atoms with Gasteiger partial charge in [-0.15, -0.1) is 0 Å². The molecule has 7 nitrogen and oxygen atoms in total. The number of hydrogen-bond donors (Lipinski definition) is 2. The van der Waals surface area contributed by atoms with Gasteiger partial charge in [0.2, 0.25) is 0 Å². The zero-order valence-corrected chi connectivity index (χ0v) is 19.4. The summed E-state index contributed by atoms with van der Waals surface area (Å²) in [7, 11) is 0. The highest BCUT2D eigenvalue weighted by Crippen LogP contribution is 2.28. The van der Waals surface area contributed by atoms with E-state index < -0.39 is 5.54 Å². The van der Waals surface area contributed by atoms with Crippen molar-refractivity contribution in [2.75, 3.05) is 36.0 Å². The van der Waals surface area contributed by atoms with Crippen molar-refractivity contribution in [1.82, 2.24) is 10.6 Å². The van der Waals surface area contributed by atoms with Crippen LogP contribution in [-0.4, -0.2) is 49.4 Å². The maximum absolute atomic E-state index is 11.8. The number of ketones is 1. The molecule has 2 aromatic carbocycles. The standard InChI is InChI=1S/C14H17N3O2.C12H15NO/c1-10-2-4-11(5-3-10)17-8-6-14(7-9-17)12(18)15-13(19)16-14;1-10-2-4-11(5-3-10)13-8-6-12(14)7-9-13/h2-5H,6-9H2,1H3,(H2,15,16,18,19);2-5H,6-9H2,1H3. The van der Waals surface area contributed by atoms with Crippen molar-refractivity contribution < 1.29 is 14.4 Å². The van der Waals surface area contributed by atoms with Crippen LogP contribution in [0.4, 0.5) is 16.2 Å². The zero-order chi connectivity index (χ0) is 23.4. The molecule has 3 heterocycles. The van der Waals surface area contributed by atoms with Gasteiger partial charge in [-0.2, -0.15) is 0 Å². The molecule has 1 spiro atoms. The van der Waals surface area contributed by atoms with Crippen molar-refractivity contribution in [2.24, 2.45) is 0 Å². The van der Waals surface area contributed by atoms with E-state index in [2.05, 4.69) is 82.8 Å². The van der Waals surface area contributed by atoms with Crippen LogP contribution in [0.15, 0.2) is 48.5 Å². The summed E-state index contributed by atoms with van der Waals surface area (Å²) in [5, 5.41) is 5.11. The molecular formula is C26H32N4O3. The van der Waals surface area contributed by atoms with Crippen LogP contribution in [-0.2, 0) is 9.59 Å². The first-order chi connectivity index (χ1) is 15.8. The lowest BCUT2D eigenvalue weighted by molar-refractivity contribution is -0.124. The van der Waals surface area contributed by atoms with Crippen LogP contribution < -0.4 is 20.4 Å². The molecule has 0 bridgehead atoms. The first kappa shape index (κ1) is 22.8. The zero-order valence-electron chi connectivity index (χ0n) is 19.4. The molecule has 0 atom stereocenters. The molecule has 0 aliphatic carbocycles. The van der Waals surface area contributed by atoms with Crippen LogP contribution in [0.25, 0.3) is 0 Å². The Hall–Kier alpha value is -3.35. The average molecular weight is 449 g/mol. The van der Waals surface area contributed by atoms with Crippen molar-refractivity contribution in [3.05, 3.63) is 59.7 Å². The molecule has 5 rings (SSSR count). The third-order valence-corrected chi connectivity index (χ3v) is 6.75. The van der Waals surface area contributed by atoms with Crippen molar-refractivity contribution in [3.63, 3.8) is 0 Å². The van der Waals surface area contributed by atoms with Gasteiger partial charge in [-0.1, -0.05) is 35.4 Å². The summed E-state index contributed by atoms with van der Waals surface area (Å²) < 4.78 is 0. The number of imide groups is 1. The molecule has 2 aromatic rings. The van der Waals surface area contributed by atoms with Crippen LogP contribution in [0.2, 0.25) is 0 Å². The Bertz CT molecular complexity index is 999. The van der Waals surface area contributed by atoms with Crippen molar-refractivity contribution >= 4 is 29.1 Å². The van der Waals surface area contributed by atoms with Crippen molar-refractivity contribution in [3.8, 4) is 0 Å². The predicted molar refractivity (Wildman–Crippen MR) is 130 cm³/mol. The van der Waals surface area contributed by atoms with Gasteiger partial charge in [-0.05, 0) is 51.0 Å². The average Bonchev–Trinajstić information content (AvgIpc) is 3.09. The lowest BCUT2D eigenvalue weighted by atomic mass is 9.87. The van der Waals surface area contributed by atoms with E-state index in [1.165, 1.54) is 22.5 Å². The number of nitrogens with one attached hydrogen (secondary N) is 2. The summed E-state index contributed by atoms with van der Waals surface area (Å²) in [5.41, 5.74) is 4.24. The van der Waals surface area contributed by atoms with Gasteiger partial charge in [0.25, 0.3) is 5.91 Å². The molecule has 33 heavy (non-hydrogen) atoms. The van der Waals surface area contributed by atoms with Gasteiger partial charge in [0.15, 0.2) is 0 Å². The summed E-state index contributed by atoms with van der Waals surface area (Å²) in [6.45, 7) is 7.45. The summed E-state index contributed by atoms with van der Waals surface area (Å²) in [6, 6.07) is 16.5. The topological polar surface area (TPSA) is 81.8 Å². The van der Waals surface area contributed by atoms with Gasteiger partial charge in [-0.3, -0.25) is 14.9 Å². The summed E-state index contributed by atoms with van der Waals surface area (Å²) in [6.07, 6.45) is 2.71. The van der Waals surface area contributed by atoms with E-state index in [0.717, 1.165) is 26.2 Å². The van der Waals surface area contributed by atoms with Gasteiger partial charge in [0, 0.05) is 50.4 Å². The second kappa shape index (κ2) is 9.65. The Kier molecular flexibility index (Phi) is 6.67. The molecule has 0 aromatic heterocycles. The molecule has 7 heteroatoms. The van der Waals surface area contributed by atoms with E-state index in [1.54, 1.807) is 0 Å². The van der Waals surface area contributed by atoms with Crippen molar-refractivity contribution in [1.29, 1.82) is 0 Å². The second-order valence-electron chi connectivity index (χ2n) is 9.17. The minimum Gasteiger partial charge on any atom is -0.371 e. The van der Waals surface area contributed by atoms with E-state index in [9.17, 15) is 14.4 Å². The molecule has 3 amide bonds. The number of nitrogens with zero attached hydrogens (tertiary/aromatic N) is 2. The van der Waals surface area contributed by atoms with E-state index in [4.69, 9.17) is 0 Å². The lowest BCUT2D eigenvalue weighted by Crippen LogP contribution is -2.54. The molecular weight excluding hydrogens is 416 g/mol. The molecule has 0 unspecified atom stereocenters. The van der Waals surface area contributed by atoms with E-state index in [-0.39, 0.29) is 11.9 Å². The number of hydrogen-bond acceptors (Lipinski definition) is 5. The minimum atomic E-state index is -0.682. The number of benzene rings is 2. The summed E-state index contributed by atoms with van der Waals surface area (Å²) in [5.74, 6) is 0.217. The first-order valence-corrected chi connectivity index (χ1v) is 11.6. The fraction of sp³-hybridized carbons (Fsp3) is 0.423. The number of aryl methyl sites for hydroxylation is 2. The molecule has 3 aliphatic heterocycles. The van der Waals surface area contributed by atoms with E-state index in [0.29, 0.717) is 31.5 Å². The number of anilines is 2. The molecule has 174 valence electrons. The Balaban J connectivity index is 0.000000165. The van der Waals surface area contributed by atoms with E-state index >= 15 is 0 Å². The molecule has 2 N–H and O–H groups in total. The number of rotatable bonds is 2. The monoisotopic (exact) mass is 448 g/mol. The smallest absolute Gasteiger partial charge is 0.322 e. The molecule has 3 aliphatic rings. The quantitative estimate of drug-likeness (QED) is 0.689. The maximum Gasteiger partial charge on any atom is 0.322 e. The second-order valence-corrected chi connectivity index (χ2v) is 9.17. The summed E-state index contributed by atoms with van der Waals surface area (Å²) in [4.78, 5) is 38.7. The van der Waals surface area contributed by atoms with Gasteiger partial charge in [0.05, 0.1) is 0 Å². The van der Waals surface area contributed by atoms with Crippen LogP contribution in [0.1, 0.15) is 36.8 Å². The van der Waals surface area contributed by atoms with Gasteiger partial charge in [0.1, 0.15) is 11.3 Å². The Morgan fingerprint density at radius 2 is 1.15 bits per heavy atom. The van der Waals surface area contributed by atoms with Crippen LogP contribution in [0.5, 0.6) is 0 Å². The Morgan fingerprint density at radius 1 is 0.697 bits per heavy atom. The minimum absolute atomic E-state index is 0.180. The summed E-state index contributed by atoms with van der Waals surface area (Å²) >= 11 is 0. The number of urea groups is 1. The molecule has 3 saturated heterocycles. The number of Topliss-reactive ketones (excluding diaryl/α,β-unsaturated/α-hetero) is 1. The van der Waals surface area contributed by atoms with Crippen LogP contribution in [0, 0.1) is 13.8 Å². The number of piperidine rings is 2. The van der Waals surface area contributed by atoms with Gasteiger partial charge < -0.3 is 15.1 Å². The Labute approximate surface area is 195 Å². The first-order valence-electron chi connectivity index (χ1n) is 11.6. The van der Waals surface area contributed by atoms with Crippen molar-refractivity contribution in [2.45, 2.75) is 45.1 Å².